The van der Waals surface area contributed by atoms with E-state index in [9.17, 15) is 9.59 Å². The summed E-state index contributed by atoms with van der Waals surface area (Å²) in [6.07, 6.45) is 4.93. The van der Waals surface area contributed by atoms with Gasteiger partial charge in [0.05, 0.1) is 12.8 Å². The Balaban J connectivity index is 1.47. The van der Waals surface area contributed by atoms with Crippen molar-refractivity contribution in [1.82, 2.24) is 21.3 Å². The number of rotatable bonds is 13. The summed E-state index contributed by atoms with van der Waals surface area (Å²) in [4.78, 5) is 24.4. The maximum absolute atomic E-state index is 12.2. The first-order chi connectivity index (χ1) is 15.2. The maximum Gasteiger partial charge on any atom is 0.307 e. The van der Waals surface area contributed by atoms with Gasteiger partial charge in [0.15, 0.2) is 0 Å². The number of piperidine rings is 2. The van der Waals surface area contributed by atoms with Gasteiger partial charge in [0.2, 0.25) is 0 Å². The summed E-state index contributed by atoms with van der Waals surface area (Å²) in [6.45, 7) is 14.7. The number of carbonyl (C=O) groups is 2. The van der Waals surface area contributed by atoms with E-state index in [-0.39, 0.29) is 11.9 Å². The van der Waals surface area contributed by atoms with E-state index in [0.717, 1.165) is 65.0 Å². The topological polar surface area (TPSA) is 101 Å². The molecule has 2 rings (SSSR count). The predicted octanol–water partition coefficient (Wildman–Crippen LogP) is 1.59. The van der Waals surface area contributed by atoms with E-state index in [0.29, 0.717) is 37.8 Å². The minimum atomic E-state index is -0.405. The average Bonchev–Trinajstić information content (AvgIpc) is 2.76. The maximum atomic E-state index is 12.2. The summed E-state index contributed by atoms with van der Waals surface area (Å²) in [5, 5.41) is 13.2. The molecule has 2 saturated heterocycles. The van der Waals surface area contributed by atoms with Gasteiger partial charge in [-0.15, -0.1) is 0 Å². The van der Waals surface area contributed by atoms with Crippen molar-refractivity contribution in [3.05, 3.63) is 0 Å². The second kappa shape index (κ2) is 13.5. The molecular formula is C24H46N4O4. The van der Waals surface area contributed by atoms with Crippen LogP contribution >= 0.6 is 0 Å². The summed E-state index contributed by atoms with van der Waals surface area (Å²) < 4.78 is 11.5. The third-order valence-electron chi connectivity index (χ3n) is 6.89. The molecule has 0 atom stereocenters. The minimum Gasteiger partial charge on any atom is -0.459 e. The fourth-order valence-corrected chi connectivity index (χ4v) is 4.70. The van der Waals surface area contributed by atoms with Crippen LogP contribution in [0.5, 0.6) is 0 Å². The first kappa shape index (κ1) is 27.0. The van der Waals surface area contributed by atoms with Crippen LogP contribution in [-0.4, -0.2) is 75.5 Å². The van der Waals surface area contributed by atoms with Crippen LogP contribution in [-0.2, 0) is 19.1 Å². The summed E-state index contributed by atoms with van der Waals surface area (Å²) >= 11 is 0. The molecule has 0 saturated carbocycles. The highest BCUT2D eigenvalue weighted by Gasteiger charge is 2.34. The van der Waals surface area contributed by atoms with Crippen molar-refractivity contribution in [3.8, 4) is 0 Å². The van der Waals surface area contributed by atoms with Crippen molar-refractivity contribution in [1.29, 1.82) is 0 Å². The van der Waals surface area contributed by atoms with E-state index in [4.69, 9.17) is 9.47 Å². The van der Waals surface area contributed by atoms with Crippen LogP contribution in [0.25, 0.3) is 0 Å². The molecule has 0 bridgehead atoms. The van der Waals surface area contributed by atoms with Crippen molar-refractivity contribution in [3.63, 3.8) is 0 Å². The van der Waals surface area contributed by atoms with Gasteiger partial charge in [-0.25, -0.2) is 0 Å². The molecule has 186 valence electrons. The molecule has 0 radical (unpaired) electrons. The Kier molecular flexibility index (Phi) is 11.4. The molecule has 2 fully saturated rings. The Morgan fingerprint density at radius 3 is 1.38 bits per heavy atom. The van der Waals surface area contributed by atoms with Crippen LogP contribution in [0.4, 0.5) is 0 Å². The fraction of sp³-hybridized carbons (Fsp3) is 0.917. The number of hydrogen-bond acceptors (Lipinski definition) is 8. The standard InChI is InChI=1S/C24H46N4O4/c1-23(2,19-5-11-25-12-6-19)31-21(29)9-15-27-17-18-28-16-10-22(30)32-24(3,4)20-7-13-26-14-8-20/h19-20,25-28H,5-18H2,1-4H3. The third-order valence-corrected chi connectivity index (χ3v) is 6.89. The molecule has 0 aromatic carbocycles. The molecular weight excluding hydrogens is 408 g/mol. The largest absolute Gasteiger partial charge is 0.459 e. The van der Waals surface area contributed by atoms with Crippen LogP contribution < -0.4 is 21.3 Å². The quantitative estimate of drug-likeness (QED) is 0.246. The number of ether oxygens (including phenoxy) is 2. The molecule has 2 heterocycles. The normalized spacial score (nSPS) is 19.0. The van der Waals surface area contributed by atoms with Gasteiger partial charge in [-0.05, 0) is 79.6 Å². The van der Waals surface area contributed by atoms with E-state index in [2.05, 4.69) is 21.3 Å². The lowest BCUT2D eigenvalue weighted by Gasteiger charge is -2.36. The summed E-state index contributed by atoms with van der Waals surface area (Å²) in [7, 11) is 0. The lowest BCUT2D eigenvalue weighted by Crippen LogP contribution is -2.43. The fourth-order valence-electron chi connectivity index (χ4n) is 4.70. The van der Waals surface area contributed by atoms with Crippen LogP contribution in [0.1, 0.15) is 66.2 Å². The van der Waals surface area contributed by atoms with Gasteiger partial charge >= 0.3 is 11.9 Å². The van der Waals surface area contributed by atoms with Crippen LogP contribution in [0.2, 0.25) is 0 Å². The Labute approximate surface area is 194 Å². The monoisotopic (exact) mass is 454 g/mol. The second-order valence-corrected chi connectivity index (χ2v) is 10.2. The minimum absolute atomic E-state index is 0.145. The molecule has 0 spiro atoms. The second-order valence-electron chi connectivity index (χ2n) is 10.2. The van der Waals surface area contributed by atoms with Gasteiger partial charge < -0.3 is 30.7 Å². The van der Waals surface area contributed by atoms with Crippen LogP contribution in [0.15, 0.2) is 0 Å². The molecule has 2 aliphatic heterocycles. The van der Waals surface area contributed by atoms with E-state index >= 15 is 0 Å². The lowest BCUT2D eigenvalue weighted by molar-refractivity contribution is -0.163. The van der Waals surface area contributed by atoms with Gasteiger partial charge in [-0.1, -0.05) is 0 Å². The van der Waals surface area contributed by atoms with Gasteiger partial charge in [0.25, 0.3) is 0 Å². The summed E-state index contributed by atoms with van der Waals surface area (Å²) in [5.74, 6) is 0.546. The molecule has 0 aromatic heterocycles. The predicted molar refractivity (Wildman–Crippen MR) is 127 cm³/mol. The number of hydrogen-bond donors (Lipinski definition) is 4. The van der Waals surface area contributed by atoms with Crippen molar-refractivity contribution in [2.75, 3.05) is 52.4 Å². The molecule has 0 unspecified atom stereocenters. The molecule has 0 aliphatic carbocycles. The highest BCUT2D eigenvalue weighted by atomic mass is 16.6. The van der Waals surface area contributed by atoms with Gasteiger partial charge in [0, 0.05) is 38.0 Å². The van der Waals surface area contributed by atoms with Crippen molar-refractivity contribution in [2.24, 2.45) is 11.8 Å². The van der Waals surface area contributed by atoms with E-state index < -0.39 is 11.2 Å². The van der Waals surface area contributed by atoms with E-state index in [1.54, 1.807) is 0 Å². The zero-order valence-electron chi connectivity index (χ0n) is 20.7. The Hall–Kier alpha value is -1.22. The Morgan fingerprint density at radius 1 is 0.688 bits per heavy atom. The van der Waals surface area contributed by atoms with Gasteiger partial charge in [-0.3, -0.25) is 9.59 Å². The highest BCUT2D eigenvalue weighted by molar-refractivity contribution is 5.70. The van der Waals surface area contributed by atoms with Gasteiger partial charge in [-0.2, -0.15) is 0 Å². The first-order valence-corrected chi connectivity index (χ1v) is 12.5. The van der Waals surface area contributed by atoms with Crippen LogP contribution in [0, 0.1) is 11.8 Å². The highest BCUT2D eigenvalue weighted by Crippen LogP contribution is 2.30. The van der Waals surface area contributed by atoms with E-state index in [1.807, 2.05) is 27.7 Å². The SMILES string of the molecule is CC(C)(OC(=O)CCNCCNCCC(=O)OC(C)(C)C1CCNCC1)C1CCNCC1. The first-order valence-electron chi connectivity index (χ1n) is 12.5. The molecule has 0 amide bonds. The van der Waals surface area contributed by atoms with Crippen LogP contribution in [0.3, 0.4) is 0 Å². The zero-order chi connectivity index (χ0) is 23.5. The number of esters is 2. The lowest BCUT2D eigenvalue weighted by atomic mass is 9.83. The summed E-state index contributed by atoms with van der Waals surface area (Å²) in [6, 6.07) is 0. The van der Waals surface area contributed by atoms with Crippen molar-refractivity contribution < 1.29 is 19.1 Å². The Morgan fingerprint density at radius 2 is 1.03 bits per heavy atom. The molecule has 0 aromatic rings. The van der Waals surface area contributed by atoms with Gasteiger partial charge in [0.1, 0.15) is 11.2 Å². The molecule has 2 aliphatic rings. The number of nitrogens with one attached hydrogen (secondary N) is 4. The summed E-state index contributed by atoms with van der Waals surface area (Å²) in [5.41, 5.74) is -0.810. The number of carbonyl (C=O) groups excluding carboxylic acids is 2. The average molecular weight is 455 g/mol. The van der Waals surface area contributed by atoms with Crippen molar-refractivity contribution in [2.45, 2.75) is 77.4 Å². The van der Waals surface area contributed by atoms with Crippen molar-refractivity contribution >= 4 is 11.9 Å². The molecule has 8 heteroatoms. The molecule has 32 heavy (non-hydrogen) atoms. The smallest absolute Gasteiger partial charge is 0.307 e. The third kappa shape index (κ3) is 9.73. The molecule has 4 N–H and O–H groups in total. The Bertz CT molecular complexity index is 520. The zero-order valence-corrected chi connectivity index (χ0v) is 20.7. The van der Waals surface area contributed by atoms with E-state index in [1.165, 1.54) is 0 Å². The molecule has 8 nitrogen and oxygen atoms in total.